The number of rotatable bonds is 6. The van der Waals surface area contributed by atoms with Crippen LogP contribution >= 0.6 is 0 Å². The number of carbonyl (C=O) groups excluding carboxylic acids is 1. The highest BCUT2D eigenvalue weighted by atomic mass is 32.2. The molecule has 0 heterocycles. The van der Waals surface area contributed by atoms with Crippen LogP contribution in [-0.4, -0.2) is 37.3 Å². The van der Waals surface area contributed by atoms with Crippen LogP contribution in [0.5, 0.6) is 0 Å². The summed E-state index contributed by atoms with van der Waals surface area (Å²) in [6.45, 7) is 7.19. The van der Waals surface area contributed by atoms with Gasteiger partial charge >= 0.3 is 0 Å². The maximum absolute atomic E-state index is 12.3. The number of sulfonamides is 1. The molecule has 1 rings (SSSR count). The molecular formula is C15H25N3O3S. The molecule has 0 bridgehead atoms. The molecule has 0 saturated carbocycles. The van der Waals surface area contributed by atoms with Gasteiger partial charge in [0.25, 0.3) is 0 Å². The van der Waals surface area contributed by atoms with E-state index in [2.05, 4.69) is 5.32 Å². The lowest BCUT2D eigenvalue weighted by Gasteiger charge is -2.21. The third-order valence-corrected chi connectivity index (χ3v) is 5.41. The predicted octanol–water partition coefficient (Wildman–Crippen LogP) is 1.07. The van der Waals surface area contributed by atoms with E-state index in [9.17, 15) is 13.2 Å². The molecule has 0 radical (unpaired) electrons. The lowest BCUT2D eigenvalue weighted by molar-refractivity contribution is -0.125. The summed E-state index contributed by atoms with van der Waals surface area (Å²) in [6, 6.07) is 6.35. The van der Waals surface area contributed by atoms with Crippen molar-refractivity contribution in [2.24, 2.45) is 5.73 Å². The van der Waals surface area contributed by atoms with Crippen LogP contribution in [-0.2, 0) is 21.4 Å². The van der Waals surface area contributed by atoms with Gasteiger partial charge in [0.05, 0.1) is 10.4 Å². The molecule has 0 saturated heterocycles. The number of nitrogens with one attached hydrogen (secondary N) is 1. The van der Waals surface area contributed by atoms with Crippen molar-refractivity contribution in [2.75, 3.05) is 7.05 Å². The first-order valence-electron chi connectivity index (χ1n) is 7.10. The second-order valence-electron chi connectivity index (χ2n) is 6.16. The van der Waals surface area contributed by atoms with Crippen molar-refractivity contribution in [1.82, 2.24) is 9.62 Å². The minimum atomic E-state index is -3.48. The van der Waals surface area contributed by atoms with Gasteiger partial charge in [-0.05, 0) is 45.4 Å². The van der Waals surface area contributed by atoms with Crippen LogP contribution in [0.1, 0.15) is 33.3 Å². The summed E-state index contributed by atoms with van der Waals surface area (Å²) >= 11 is 0. The largest absolute Gasteiger partial charge is 0.350 e. The van der Waals surface area contributed by atoms with Gasteiger partial charge in [-0.25, -0.2) is 8.42 Å². The number of nitrogens with two attached hydrogens (primary N) is 1. The van der Waals surface area contributed by atoms with Crippen LogP contribution < -0.4 is 11.1 Å². The Morgan fingerprint density at radius 1 is 1.27 bits per heavy atom. The van der Waals surface area contributed by atoms with Gasteiger partial charge < -0.3 is 11.1 Å². The van der Waals surface area contributed by atoms with E-state index in [0.29, 0.717) is 6.54 Å². The number of carbonyl (C=O) groups is 1. The van der Waals surface area contributed by atoms with Crippen molar-refractivity contribution < 1.29 is 13.2 Å². The molecule has 0 aromatic heterocycles. The topological polar surface area (TPSA) is 92.5 Å². The summed E-state index contributed by atoms with van der Waals surface area (Å²) in [5.74, 6) is -0.260. The minimum Gasteiger partial charge on any atom is -0.350 e. The summed E-state index contributed by atoms with van der Waals surface area (Å²) in [7, 11) is -1.93. The molecule has 0 aliphatic carbocycles. The van der Waals surface area contributed by atoms with Crippen LogP contribution in [0.4, 0.5) is 0 Å². The van der Waals surface area contributed by atoms with Gasteiger partial charge in [0.15, 0.2) is 0 Å². The highest BCUT2D eigenvalue weighted by molar-refractivity contribution is 7.89. The van der Waals surface area contributed by atoms with Crippen molar-refractivity contribution in [3.8, 4) is 0 Å². The number of benzene rings is 1. The third kappa shape index (κ3) is 4.53. The molecule has 7 heteroatoms. The summed E-state index contributed by atoms with van der Waals surface area (Å²) in [4.78, 5) is 11.9. The molecule has 1 amide bonds. The van der Waals surface area contributed by atoms with E-state index < -0.39 is 15.6 Å². The van der Waals surface area contributed by atoms with Crippen LogP contribution in [0.25, 0.3) is 0 Å². The number of hydrogen-bond donors (Lipinski definition) is 2. The fourth-order valence-corrected chi connectivity index (χ4v) is 3.00. The second-order valence-corrected chi connectivity index (χ2v) is 8.16. The molecule has 1 aromatic carbocycles. The Morgan fingerprint density at radius 2 is 1.77 bits per heavy atom. The normalized spacial score (nSPS) is 12.7. The minimum absolute atomic E-state index is 0.115. The van der Waals surface area contributed by atoms with E-state index in [0.717, 1.165) is 5.56 Å². The Hall–Kier alpha value is -1.44. The van der Waals surface area contributed by atoms with Gasteiger partial charge in [-0.1, -0.05) is 12.1 Å². The average Bonchev–Trinajstić information content (AvgIpc) is 2.43. The molecule has 0 atom stereocenters. The number of hydrogen-bond acceptors (Lipinski definition) is 4. The zero-order valence-electron chi connectivity index (χ0n) is 13.8. The maximum Gasteiger partial charge on any atom is 0.243 e. The van der Waals surface area contributed by atoms with E-state index in [-0.39, 0.29) is 16.8 Å². The van der Waals surface area contributed by atoms with E-state index >= 15 is 0 Å². The lowest BCUT2D eigenvalue weighted by atomic mass is 10.1. The van der Waals surface area contributed by atoms with Crippen molar-refractivity contribution in [3.63, 3.8) is 0 Å². The first-order chi connectivity index (χ1) is 9.96. The fraction of sp³-hybridized carbons (Fsp3) is 0.533. The molecular weight excluding hydrogens is 302 g/mol. The van der Waals surface area contributed by atoms with Gasteiger partial charge in [-0.3, -0.25) is 4.79 Å². The standard InChI is InChI=1S/C15H25N3O3S/c1-11(2)18(5)22(20,21)13-8-6-12(7-9-13)10-17-14(19)15(3,4)16/h6-9,11H,10,16H2,1-5H3,(H,17,19). The molecule has 6 nitrogen and oxygen atoms in total. The van der Waals surface area contributed by atoms with Crippen LogP contribution in [0, 0.1) is 0 Å². The Labute approximate surface area is 132 Å². The van der Waals surface area contributed by atoms with Crippen molar-refractivity contribution in [3.05, 3.63) is 29.8 Å². The van der Waals surface area contributed by atoms with E-state index in [1.165, 1.54) is 4.31 Å². The zero-order chi connectivity index (χ0) is 17.1. The molecule has 0 unspecified atom stereocenters. The van der Waals surface area contributed by atoms with E-state index in [4.69, 9.17) is 5.73 Å². The van der Waals surface area contributed by atoms with Gasteiger partial charge in [0.2, 0.25) is 15.9 Å². The van der Waals surface area contributed by atoms with Crippen molar-refractivity contribution in [2.45, 2.75) is 50.7 Å². The predicted molar refractivity (Wildman–Crippen MR) is 86.6 cm³/mol. The maximum atomic E-state index is 12.3. The van der Waals surface area contributed by atoms with Gasteiger partial charge in [-0.15, -0.1) is 0 Å². The SMILES string of the molecule is CC(C)N(C)S(=O)(=O)c1ccc(CNC(=O)C(C)(C)N)cc1. The first-order valence-corrected chi connectivity index (χ1v) is 8.54. The molecule has 22 heavy (non-hydrogen) atoms. The van der Waals surface area contributed by atoms with Crippen molar-refractivity contribution >= 4 is 15.9 Å². The third-order valence-electron chi connectivity index (χ3n) is 3.37. The number of amides is 1. The van der Waals surface area contributed by atoms with Crippen molar-refractivity contribution in [1.29, 1.82) is 0 Å². The molecule has 1 aromatic rings. The Bertz CT molecular complexity index is 616. The zero-order valence-corrected chi connectivity index (χ0v) is 14.6. The molecule has 0 aliphatic rings. The smallest absolute Gasteiger partial charge is 0.243 e. The van der Waals surface area contributed by atoms with E-state index in [1.807, 2.05) is 13.8 Å². The fourth-order valence-electron chi connectivity index (χ4n) is 1.63. The average molecular weight is 327 g/mol. The van der Waals surface area contributed by atoms with Gasteiger partial charge in [0, 0.05) is 19.6 Å². The quantitative estimate of drug-likeness (QED) is 0.817. The molecule has 124 valence electrons. The van der Waals surface area contributed by atoms with Crippen LogP contribution in [0.2, 0.25) is 0 Å². The van der Waals surface area contributed by atoms with Crippen LogP contribution in [0.15, 0.2) is 29.2 Å². The van der Waals surface area contributed by atoms with Gasteiger partial charge in [0.1, 0.15) is 0 Å². The van der Waals surface area contributed by atoms with Gasteiger partial charge in [-0.2, -0.15) is 4.31 Å². The number of nitrogens with zero attached hydrogens (tertiary/aromatic N) is 1. The van der Waals surface area contributed by atoms with Crippen LogP contribution in [0.3, 0.4) is 0 Å². The highest BCUT2D eigenvalue weighted by Gasteiger charge is 2.23. The Balaban J connectivity index is 2.82. The second kappa shape index (κ2) is 6.76. The molecule has 3 N–H and O–H groups in total. The Kier molecular flexibility index (Phi) is 5.72. The summed E-state index contributed by atoms with van der Waals surface area (Å²) in [5, 5.41) is 2.71. The molecule has 0 aliphatic heterocycles. The lowest BCUT2D eigenvalue weighted by Crippen LogP contribution is -2.48. The highest BCUT2D eigenvalue weighted by Crippen LogP contribution is 2.17. The molecule has 0 fully saturated rings. The molecule has 0 spiro atoms. The summed E-state index contributed by atoms with van der Waals surface area (Å²) in [6.07, 6.45) is 0. The summed E-state index contributed by atoms with van der Waals surface area (Å²) < 4.78 is 26.0. The summed E-state index contributed by atoms with van der Waals surface area (Å²) in [5.41, 5.74) is 5.56. The Morgan fingerprint density at radius 3 is 2.18 bits per heavy atom. The first kappa shape index (κ1) is 18.6. The monoisotopic (exact) mass is 327 g/mol. The van der Waals surface area contributed by atoms with E-state index in [1.54, 1.807) is 45.2 Å².